The number of anilines is 2. The molecule has 0 unspecified atom stereocenters. The molecule has 1 fully saturated rings. The Bertz CT molecular complexity index is 737. The number of carbonyl (C=O) groups is 1. The first-order valence-electron chi connectivity index (χ1n) is 9.38. The molecule has 0 saturated carbocycles. The summed E-state index contributed by atoms with van der Waals surface area (Å²) in [6, 6.07) is 9.27. The predicted molar refractivity (Wildman–Crippen MR) is 105 cm³/mol. The van der Waals surface area contributed by atoms with Gasteiger partial charge in [-0.05, 0) is 57.1 Å². The van der Waals surface area contributed by atoms with Crippen molar-refractivity contribution < 1.29 is 9.53 Å². The fourth-order valence-corrected chi connectivity index (χ4v) is 3.05. The van der Waals surface area contributed by atoms with Crippen molar-refractivity contribution in [2.45, 2.75) is 20.3 Å². The van der Waals surface area contributed by atoms with Gasteiger partial charge in [0.05, 0.1) is 13.2 Å². The maximum Gasteiger partial charge on any atom is 0.251 e. The molecule has 0 aliphatic carbocycles. The zero-order chi connectivity index (χ0) is 19.1. The Morgan fingerprint density at radius 3 is 2.44 bits per heavy atom. The number of hydrogen-bond donors (Lipinski definition) is 2. The van der Waals surface area contributed by atoms with Gasteiger partial charge in [0, 0.05) is 42.3 Å². The van der Waals surface area contributed by atoms with E-state index in [2.05, 4.69) is 25.5 Å². The van der Waals surface area contributed by atoms with E-state index in [9.17, 15) is 4.79 Å². The van der Waals surface area contributed by atoms with Crippen molar-refractivity contribution >= 4 is 17.5 Å². The molecule has 144 valence electrons. The number of nitrogens with zero attached hydrogens (tertiary/aromatic N) is 3. The van der Waals surface area contributed by atoms with E-state index >= 15 is 0 Å². The van der Waals surface area contributed by atoms with Crippen LogP contribution in [0.3, 0.4) is 0 Å². The van der Waals surface area contributed by atoms with E-state index in [4.69, 9.17) is 4.74 Å². The Kier molecular flexibility index (Phi) is 6.73. The molecule has 1 amide bonds. The van der Waals surface area contributed by atoms with E-state index in [-0.39, 0.29) is 5.91 Å². The van der Waals surface area contributed by atoms with Crippen molar-refractivity contribution in [3.8, 4) is 0 Å². The lowest BCUT2D eigenvalue weighted by Gasteiger charge is -2.26. The zero-order valence-corrected chi connectivity index (χ0v) is 16.0. The van der Waals surface area contributed by atoms with Crippen molar-refractivity contribution in [2.24, 2.45) is 0 Å². The number of carbonyl (C=O) groups excluding carboxylic acids is 1. The molecule has 7 heteroatoms. The molecule has 1 aliphatic heterocycles. The van der Waals surface area contributed by atoms with Gasteiger partial charge in [-0.3, -0.25) is 9.69 Å². The van der Waals surface area contributed by atoms with Crippen LogP contribution in [0, 0.1) is 13.8 Å². The maximum atomic E-state index is 12.3. The van der Waals surface area contributed by atoms with Crippen molar-refractivity contribution in [3.05, 3.63) is 47.3 Å². The molecule has 0 spiro atoms. The molecule has 2 N–H and O–H groups in total. The summed E-state index contributed by atoms with van der Waals surface area (Å²) < 4.78 is 5.34. The molecule has 27 heavy (non-hydrogen) atoms. The number of rotatable bonds is 7. The molecule has 3 rings (SSSR count). The highest BCUT2D eigenvalue weighted by Crippen LogP contribution is 2.15. The van der Waals surface area contributed by atoms with Gasteiger partial charge in [-0.15, -0.1) is 0 Å². The Hall–Kier alpha value is -2.51. The summed E-state index contributed by atoms with van der Waals surface area (Å²) in [4.78, 5) is 23.4. The quantitative estimate of drug-likeness (QED) is 0.729. The Labute approximate surface area is 160 Å². The minimum absolute atomic E-state index is 0.0498. The lowest BCUT2D eigenvalue weighted by atomic mass is 10.2. The minimum atomic E-state index is -0.0498. The average Bonchev–Trinajstić information content (AvgIpc) is 2.66. The molecule has 2 aromatic rings. The fraction of sp³-hybridized carbons (Fsp3) is 0.450. The number of aromatic nitrogens is 2. The third-order valence-electron chi connectivity index (χ3n) is 4.43. The molecular weight excluding hydrogens is 342 g/mol. The summed E-state index contributed by atoms with van der Waals surface area (Å²) in [6.45, 7) is 9.10. The van der Waals surface area contributed by atoms with Crippen molar-refractivity contribution in [1.29, 1.82) is 0 Å². The molecule has 2 heterocycles. The Morgan fingerprint density at radius 1 is 1.11 bits per heavy atom. The fourth-order valence-electron chi connectivity index (χ4n) is 3.05. The molecule has 1 aromatic heterocycles. The minimum Gasteiger partial charge on any atom is -0.379 e. The van der Waals surface area contributed by atoms with Gasteiger partial charge in [0.2, 0.25) is 5.95 Å². The number of morpholine rings is 1. The van der Waals surface area contributed by atoms with Crippen LogP contribution in [0.25, 0.3) is 0 Å². The van der Waals surface area contributed by atoms with E-state index < -0.39 is 0 Å². The van der Waals surface area contributed by atoms with Crippen molar-refractivity contribution in [2.75, 3.05) is 44.7 Å². The van der Waals surface area contributed by atoms with Gasteiger partial charge in [-0.25, -0.2) is 9.97 Å². The van der Waals surface area contributed by atoms with Gasteiger partial charge < -0.3 is 15.4 Å². The summed E-state index contributed by atoms with van der Waals surface area (Å²) in [7, 11) is 0. The zero-order valence-electron chi connectivity index (χ0n) is 16.0. The Morgan fingerprint density at radius 2 is 1.78 bits per heavy atom. The summed E-state index contributed by atoms with van der Waals surface area (Å²) >= 11 is 0. The monoisotopic (exact) mass is 369 g/mol. The number of hydrogen-bond acceptors (Lipinski definition) is 6. The highest BCUT2D eigenvalue weighted by Gasteiger charge is 2.10. The predicted octanol–water partition coefficient (Wildman–Crippen LogP) is 2.29. The second-order valence-electron chi connectivity index (χ2n) is 6.74. The summed E-state index contributed by atoms with van der Waals surface area (Å²) in [5.41, 5.74) is 3.33. The number of aryl methyl sites for hydroxylation is 2. The second kappa shape index (κ2) is 9.43. The van der Waals surface area contributed by atoms with E-state index in [0.717, 1.165) is 56.3 Å². The van der Waals surface area contributed by atoms with Crippen LogP contribution in [-0.4, -0.2) is 60.2 Å². The molecule has 0 bridgehead atoms. The summed E-state index contributed by atoms with van der Waals surface area (Å²) in [6.07, 6.45) is 0.940. The van der Waals surface area contributed by atoms with Gasteiger partial charge in [0.25, 0.3) is 5.91 Å². The van der Waals surface area contributed by atoms with E-state index in [1.807, 2.05) is 44.2 Å². The second-order valence-corrected chi connectivity index (χ2v) is 6.74. The Balaban J connectivity index is 1.45. The molecule has 1 aromatic carbocycles. The third-order valence-corrected chi connectivity index (χ3v) is 4.43. The lowest BCUT2D eigenvalue weighted by molar-refractivity contribution is 0.0374. The van der Waals surface area contributed by atoms with Gasteiger partial charge in [-0.1, -0.05) is 0 Å². The van der Waals surface area contributed by atoms with Crippen molar-refractivity contribution in [1.82, 2.24) is 20.2 Å². The molecule has 0 atom stereocenters. The van der Waals surface area contributed by atoms with Crippen LogP contribution in [0.4, 0.5) is 11.6 Å². The van der Waals surface area contributed by atoms with Gasteiger partial charge in [0.15, 0.2) is 0 Å². The van der Waals surface area contributed by atoms with Gasteiger partial charge >= 0.3 is 0 Å². The van der Waals surface area contributed by atoms with E-state index in [1.54, 1.807) is 0 Å². The largest absolute Gasteiger partial charge is 0.379 e. The highest BCUT2D eigenvalue weighted by molar-refractivity contribution is 5.94. The van der Waals surface area contributed by atoms with Crippen LogP contribution in [0.15, 0.2) is 30.3 Å². The van der Waals surface area contributed by atoms with Crippen LogP contribution in [0.1, 0.15) is 28.2 Å². The SMILES string of the molecule is Cc1cc(C)nc(Nc2ccc(C(=O)NCCCN3CCOCC3)cc2)n1. The molecule has 1 aliphatic rings. The molecular formula is C20H27N5O2. The van der Waals surface area contributed by atoms with E-state index in [0.29, 0.717) is 18.1 Å². The van der Waals surface area contributed by atoms with Crippen LogP contribution in [0.2, 0.25) is 0 Å². The number of ether oxygens (including phenoxy) is 1. The van der Waals surface area contributed by atoms with Gasteiger partial charge in [-0.2, -0.15) is 0 Å². The normalized spacial score (nSPS) is 14.7. The first kappa shape index (κ1) is 19.3. The maximum absolute atomic E-state index is 12.3. The molecule has 0 radical (unpaired) electrons. The summed E-state index contributed by atoms with van der Waals surface area (Å²) in [5.74, 6) is 0.513. The van der Waals surface area contributed by atoms with Gasteiger partial charge in [0.1, 0.15) is 0 Å². The first-order chi connectivity index (χ1) is 13.1. The van der Waals surface area contributed by atoms with Crippen molar-refractivity contribution in [3.63, 3.8) is 0 Å². The van der Waals surface area contributed by atoms with Crippen LogP contribution in [-0.2, 0) is 4.74 Å². The average molecular weight is 369 g/mol. The standard InChI is InChI=1S/C20H27N5O2/c1-15-14-16(2)23-20(22-15)24-18-6-4-17(5-7-18)19(26)21-8-3-9-25-10-12-27-13-11-25/h4-7,14H,3,8-13H2,1-2H3,(H,21,26)(H,22,23,24). The number of amides is 1. The van der Waals surface area contributed by atoms with E-state index in [1.165, 1.54) is 0 Å². The molecule has 7 nitrogen and oxygen atoms in total. The summed E-state index contributed by atoms with van der Waals surface area (Å²) in [5, 5.41) is 6.15. The topological polar surface area (TPSA) is 79.4 Å². The van der Waals surface area contributed by atoms with Crippen LogP contribution < -0.4 is 10.6 Å². The molecule has 1 saturated heterocycles. The van der Waals surface area contributed by atoms with Crippen LogP contribution >= 0.6 is 0 Å². The lowest BCUT2D eigenvalue weighted by Crippen LogP contribution is -2.38. The number of benzene rings is 1. The first-order valence-corrected chi connectivity index (χ1v) is 9.38. The smallest absolute Gasteiger partial charge is 0.251 e. The number of nitrogens with one attached hydrogen (secondary N) is 2. The third kappa shape index (κ3) is 6.01. The highest BCUT2D eigenvalue weighted by atomic mass is 16.5. The van der Waals surface area contributed by atoms with Crippen LogP contribution in [0.5, 0.6) is 0 Å².